The highest BCUT2D eigenvalue weighted by atomic mass is 79.9. The molecule has 4 nitrogen and oxygen atoms in total. The van der Waals surface area contributed by atoms with Crippen LogP contribution in [0.15, 0.2) is 15.2 Å². The van der Waals surface area contributed by atoms with Crippen LogP contribution in [0.2, 0.25) is 0 Å². The number of carboxylic acids is 1. The Kier molecular flexibility index (Phi) is 4.09. The third-order valence-corrected chi connectivity index (χ3v) is 3.38. The molecule has 0 aliphatic heterocycles. The lowest BCUT2D eigenvalue weighted by atomic mass is 10.0. The number of amides is 1. The van der Waals surface area contributed by atoms with Gasteiger partial charge in [0.15, 0.2) is 0 Å². The van der Waals surface area contributed by atoms with E-state index in [0.29, 0.717) is 5.56 Å². The molecular formula is C10H12BrNO3S. The maximum absolute atomic E-state index is 11.7. The lowest BCUT2D eigenvalue weighted by Crippen LogP contribution is -2.44. The molecule has 1 aromatic heterocycles. The monoisotopic (exact) mass is 305 g/mol. The minimum atomic E-state index is -0.934. The van der Waals surface area contributed by atoms with Gasteiger partial charge >= 0.3 is 5.97 Å². The molecule has 1 heterocycles. The number of carbonyl (C=O) groups excluding carboxylic acids is 1. The summed E-state index contributed by atoms with van der Waals surface area (Å²) in [4.78, 5) is 22.3. The molecule has 6 heteroatoms. The average molecular weight is 306 g/mol. The summed E-state index contributed by atoms with van der Waals surface area (Å²) < 4.78 is 0.869. The first kappa shape index (κ1) is 13.2. The Morgan fingerprint density at radius 2 is 2.19 bits per heavy atom. The quantitative estimate of drug-likeness (QED) is 0.898. The third kappa shape index (κ3) is 3.94. The van der Waals surface area contributed by atoms with E-state index < -0.39 is 11.5 Å². The van der Waals surface area contributed by atoms with Gasteiger partial charge < -0.3 is 10.4 Å². The smallest absolute Gasteiger partial charge is 0.305 e. The van der Waals surface area contributed by atoms with Crippen molar-refractivity contribution in [2.45, 2.75) is 25.8 Å². The van der Waals surface area contributed by atoms with Gasteiger partial charge in [0.05, 0.1) is 15.8 Å². The summed E-state index contributed by atoms with van der Waals surface area (Å²) in [6, 6.07) is 1.71. The predicted octanol–water partition coefficient (Wildman–Crippen LogP) is 2.49. The van der Waals surface area contributed by atoms with Crippen LogP contribution < -0.4 is 5.32 Å². The lowest BCUT2D eigenvalue weighted by Gasteiger charge is -2.23. The highest BCUT2D eigenvalue weighted by molar-refractivity contribution is 9.11. The molecule has 0 aromatic carbocycles. The van der Waals surface area contributed by atoms with Gasteiger partial charge in [-0.2, -0.15) is 0 Å². The summed E-state index contributed by atoms with van der Waals surface area (Å²) in [6.07, 6.45) is -0.107. The van der Waals surface area contributed by atoms with E-state index in [2.05, 4.69) is 21.2 Å². The van der Waals surface area contributed by atoms with Gasteiger partial charge in [-0.15, -0.1) is 11.3 Å². The fourth-order valence-corrected chi connectivity index (χ4v) is 2.37. The van der Waals surface area contributed by atoms with Crippen molar-refractivity contribution in [1.29, 1.82) is 0 Å². The van der Waals surface area contributed by atoms with Gasteiger partial charge in [-0.1, -0.05) is 0 Å². The number of halogens is 1. The number of aliphatic carboxylic acids is 1. The standard InChI is InChI=1S/C10H12BrNO3S/c1-10(2,4-8(13)14)12-9(15)6-3-7(11)16-5-6/h3,5H,4H2,1-2H3,(H,12,15)(H,13,14). The van der Waals surface area contributed by atoms with Crippen molar-refractivity contribution in [3.8, 4) is 0 Å². The Morgan fingerprint density at radius 1 is 1.56 bits per heavy atom. The van der Waals surface area contributed by atoms with Crippen molar-refractivity contribution in [3.05, 3.63) is 20.8 Å². The number of carbonyl (C=O) groups is 2. The summed E-state index contributed by atoms with van der Waals surface area (Å²) in [5, 5.41) is 13.1. The van der Waals surface area contributed by atoms with Crippen molar-refractivity contribution in [1.82, 2.24) is 5.32 Å². The Bertz CT molecular complexity index is 414. The Balaban J connectivity index is 2.67. The first-order valence-electron chi connectivity index (χ1n) is 4.58. The molecule has 0 aliphatic rings. The molecule has 0 aliphatic carbocycles. The molecule has 0 spiro atoms. The van der Waals surface area contributed by atoms with Gasteiger partial charge in [0.2, 0.25) is 0 Å². The number of thiophene rings is 1. The second-order valence-corrected chi connectivity index (χ2v) is 6.34. The molecular weight excluding hydrogens is 294 g/mol. The summed E-state index contributed by atoms with van der Waals surface area (Å²) in [7, 11) is 0. The molecule has 0 fully saturated rings. The summed E-state index contributed by atoms with van der Waals surface area (Å²) in [6.45, 7) is 3.36. The summed E-state index contributed by atoms with van der Waals surface area (Å²) in [5.41, 5.74) is -0.215. The minimum absolute atomic E-state index is 0.107. The summed E-state index contributed by atoms with van der Waals surface area (Å²) >= 11 is 4.68. The number of carboxylic acid groups (broad SMARTS) is 1. The fourth-order valence-electron chi connectivity index (χ4n) is 1.23. The van der Waals surface area contributed by atoms with E-state index in [1.165, 1.54) is 11.3 Å². The van der Waals surface area contributed by atoms with Crippen LogP contribution in [0.1, 0.15) is 30.6 Å². The van der Waals surface area contributed by atoms with Gasteiger partial charge in [0, 0.05) is 10.9 Å². The van der Waals surface area contributed by atoms with Crippen LogP contribution in [-0.4, -0.2) is 22.5 Å². The molecule has 0 atom stereocenters. The van der Waals surface area contributed by atoms with Crippen LogP contribution in [0.5, 0.6) is 0 Å². The molecule has 1 amide bonds. The van der Waals surface area contributed by atoms with Crippen molar-refractivity contribution in [2.75, 3.05) is 0 Å². The normalized spacial score (nSPS) is 11.2. The number of nitrogens with one attached hydrogen (secondary N) is 1. The Hall–Kier alpha value is -0.880. The van der Waals surface area contributed by atoms with E-state index in [1.807, 2.05) is 0 Å². The lowest BCUT2D eigenvalue weighted by molar-refractivity contribution is -0.138. The van der Waals surface area contributed by atoms with E-state index >= 15 is 0 Å². The molecule has 0 radical (unpaired) electrons. The zero-order valence-corrected chi connectivity index (χ0v) is 11.3. The molecule has 88 valence electrons. The molecule has 16 heavy (non-hydrogen) atoms. The van der Waals surface area contributed by atoms with E-state index in [9.17, 15) is 9.59 Å². The van der Waals surface area contributed by atoms with Crippen LogP contribution >= 0.6 is 27.3 Å². The molecule has 0 saturated carbocycles. The van der Waals surface area contributed by atoms with Gasteiger partial charge in [-0.25, -0.2) is 0 Å². The predicted molar refractivity (Wildman–Crippen MR) is 65.8 cm³/mol. The van der Waals surface area contributed by atoms with E-state index in [4.69, 9.17) is 5.11 Å². The first-order valence-corrected chi connectivity index (χ1v) is 6.26. The molecule has 0 unspecified atom stereocenters. The van der Waals surface area contributed by atoms with Crippen LogP contribution in [0, 0.1) is 0 Å². The average Bonchev–Trinajstić information content (AvgIpc) is 2.47. The van der Waals surface area contributed by atoms with Gasteiger partial charge in [-0.05, 0) is 35.8 Å². The highest BCUT2D eigenvalue weighted by Gasteiger charge is 2.24. The summed E-state index contributed by atoms with van der Waals surface area (Å²) in [5.74, 6) is -1.19. The molecule has 1 rings (SSSR count). The largest absolute Gasteiger partial charge is 0.481 e. The van der Waals surface area contributed by atoms with Gasteiger partial charge in [0.25, 0.3) is 5.91 Å². The topological polar surface area (TPSA) is 66.4 Å². The highest BCUT2D eigenvalue weighted by Crippen LogP contribution is 2.21. The molecule has 0 saturated heterocycles. The first-order chi connectivity index (χ1) is 7.30. The second kappa shape index (κ2) is 4.97. The SMILES string of the molecule is CC(C)(CC(=O)O)NC(=O)c1csc(Br)c1. The maximum atomic E-state index is 11.7. The van der Waals surface area contributed by atoms with Gasteiger partial charge in [0.1, 0.15) is 0 Å². The van der Waals surface area contributed by atoms with E-state index in [0.717, 1.165) is 3.79 Å². The maximum Gasteiger partial charge on any atom is 0.305 e. The molecule has 2 N–H and O–H groups in total. The van der Waals surface area contributed by atoms with Crippen LogP contribution in [-0.2, 0) is 4.79 Å². The van der Waals surface area contributed by atoms with Crippen molar-refractivity contribution >= 4 is 39.1 Å². The van der Waals surface area contributed by atoms with Crippen molar-refractivity contribution < 1.29 is 14.7 Å². The Morgan fingerprint density at radius 3 is 2.62 bits per heavy atom. The van der Waals surface area contributed by atoms with Crippen molar-refractivity contribution in [2.24, 2.45) is 0 Å². The zero-order valence-electron chi connectivity index (χ0n) is 8.91. The number of hydrogen-bond acceptors (Lipinski definition) is 3. The number of rotatable bonds is 4. The second-order valence-electron chi connectivity index (χ2n) is 4.05. The van der Waals surface area contributed by atoms with E-state index in [1.54, 1.807) is 25.3 Å². The molecule has 1 aromatic rings. The Labute approximate surface area is 106 Å². The zero-order chi connectivity index (χ0) is 12.3. The van der Waals surface area contributed by atoms with Crippen LogP contribution in [0.25, 0.3) is 0 Å². The van der Waals surface area contributed by atoms with Crippen LogP contribution in [0.3, 0.4) is 0 Å². The molecule has 0 bridgehead atoms. The number of hydrogen-bond donors (Lipinski definition) is 2. The van der Waals surface area contributed by atoms with Gasteiger partial charge in [-0.3, -0.25) is 9.59 Å². The van der Waals surface area contributed by atoms with Crippen LogP contribution in [0.4, 0.5) is 0 Å². The minimum Gasteiger partial charge on any atom is -0.481 e. The third-order valence-electron chi connectivity index (χ3n) is 1.87. The van der Waals surface area contributed by atoms with E-state index in [-0.39, 0.29) is 12.3 Å². The fraction of sp³-hybridized carbons (Fsp3) is 0.400. The van der Waals surface area contributed by atoms with Crippen molar-refractivity contribution in [3.63, 3.8) is 0 Å².